The predicted octanol–water partition coefficient (Wildman–Crippen LogP) is 2.24. The number of hydrogen-bond donors (Lipinski definition) is 1. The molecular formula is C18H19BrN4O3. The Morgan fingerprint density at radius 1 is 1.31 bits per heavy atom. The molecule has 0 bridgehead atoms. The van der Waals surface area contributed by atoms with Crippen LogP contribution in [-0.4, -0.2) is 33.9 Å². The first-order valence-electron chi connectivity index (χ1n) is 8.06. The first-order chi connectivity index (χ1) is 12.4. The summed E-state index contributed by atoms with van der Waals surface area (Å²) in [5.41, 5.74) is 1.85. The standard InChI is InChI=1S/C18H19BrN4O3/c1-11-8-13(26-3)10-16(24)23(11)7-6-20-18(25)17-14-5-4-12(19)9-15(14)21-22(17)2/h4-5,8-10H,6-7H2,1-3H3,(H,20,25). The van der Waals surface area contributed by atoms with E-state index in [1.807, 2.05) is 25.1 Å². The Labute approximate surface area is 158 Å². The van der Waals surface area contributed by atoms with E-state index in [0.29, 0.717) is 24.5 Å². The number of pyridine rings is 1. The van der Waals surface area contributed by atoms with Crippen molar-refractivity contribution < 1.29 is 9.53 Å². The van der Waals surface area contributed by atoms with Gasteiger partial charge in [0, 0.05) is 41.8 Å². The van der Waals surface area contributed by atoms with Crippen molar-refractivity contribution in [2.75, 3.05) is 13.7 Å². The Balaban J connectivity index is 1.74. The number of hydrogen-bond acceptors (Lipinski definition) is 4. The zero-order valence-electron chi connectivity index (χ0n) is 14.7. The van der Waals surface area contributed by atoms with Crippen LogP contribution in [0.1, 0.15) is 16.2 Å². The number of rotatable bonds is 5. The van der Waals surface area contributed by atoms with E-state index in [0.717, 1.165) is 21.1 Å². The third kappa shape index (κ3) is 3.50. The van der Waals surface area contributed by atoms with Crippen molar-refractivity contribution in [3.63, 3.8) is 0 Å². The fourth-order valence-corrected chi connectivity index (χ4v) is 3.26. The molecule has 0 radical (unpaired) electrons. The van der Waals surface area contributed by atoms with Crippen LogP contribution in [0.2, 0.25) is 0 Å². The molecule has 3 rings (SSSR count). The van der Waals surface area contributed by atoms with Gasteiger partial charge in [0.2, 0.25) is 0 Å². The molecule has 1 aromatic carbocycles. The van der Waals surface area contributed by atoms with E-state index >= 15 is 0 Å². The minimum Gasteiger partial charge on any atom is -0.496 e. The quantitative estimate of drug-likeness (QED) is 0.688. The molecular weight excluding hydrogens is 400 g/mol. The van der Waals surface area contributed by atoms with Gasteiger partial charge in [-0.3, -0.25) is 14.3 Å². The minimum atomic E-state index is -0.225. The van der Waals surface area contributed by atoms with Crippen LogP contribution < -0.4 is 15.6 Å². The van der Waals surface area contributed by atoms with Crippen molar-refractivity contribution in [2.45, 2.75) is 13.5 Å². The van der Waals surface area contributed by atoms with Gasteiger partial charge < -0.3 is 14.6 Å². The monoisotopic (exact) mass is 418 g/mol. The highest BCUT2D eigenvalue weighted by molar-refractivity contribution is 9.10. The summed E-state index contributed by atoms with van der Waals surface area (Å²) in [6.07, 6.45) is 0. The lowest BCUT2D eigenvalue weighted by Crippen LogP contribution is -2.32. The van der Waals surface area contributed by atoms with E-state index < -0.39 is 0 Å². The van der Waals surface area contributed by atoms with Gasteiger partial charge in [0.05, 0.1) is 12.6 Å². The number of aromatic nitrogens is 3. The lowest BCUT2D eigenvalue weighted by molar-refractivity contribution is 0.0944. The van der Waals surface area contributed by atoms with E-state index in [2.05, 4.69) is 26.3 Å². The van der Waals surface area contributed by atoms with Gasteiger partial charge in [0.25, 0.3) is 11.5 Å². The van der Waals surface area contributed by atoms with Crippen molar-refractivity contribution in [3.8, 4) is 5.75 Å². The largest absolute Gasteiger partial charge is 0.496 e. The molecule has 2 aromatic heterocycles. The van der Waals surface area contributed by atoms with E-state index in [9.17, 15) is 9.59 Å². The number of nitrogens with one attached hydrogen (secondary N) is 1. The number of fused-ring (bicyclic) bond motifs is 1. The number of methoxy groups -OCH3 is 1. The van der Waals surface area contributed by atoms with Gasteiger partial charge in [-0.2, -0.15) is 5.10 Å². The number of halogens is 1. The highest BCUT2D eigenvalue weighted by atomic mass is 79.9. The Kier molecular flexibility index (Phi) is 5.13. The summed E-state index contributed by atoms with van der Waals surface area (Å²) in [5.74, 6) is 0.303. The molecule has 136 valence electrons. The predicted molar refractivity (Wildman–Crippen MR) is 103 cm³/mol. The molecule has 0 unspecified atom stereocenters. The molecule has 26 heavy (non-hydrogen) atoms. The zero-order chi connectivity index (χ0) is 18.8. The van der Waals surface area contributed by atoms with Gasteiger partial charge in [-0.05, 0) is 31.2 Å². The highest BCUT2D eigenvalue weighted by Gasteiger charge is 2.16. The summed E-state index contributed by atoms with van der Waals surface area (Å²) in [4.78, 5) is 24.7. The molecule has 1 N–H and O–H groups in total. The lowest BCUT2D eigenvalue weighted by atomic mass is 10.2. The second kappa shape index (κ2) is 7.33. The SMILES string of the molecule is COc1cc(C)n(CCNC(=O)c2c3ccc(Br)cc3nn2C)c(=O)c1. The summed E-state index contributed by atoms with van der Waals surface area (Å²) in [6.45, 7) is 2.54. The Bertz CT molecular complexity index is 1040. The topological polar surface area (TPSA) is 78.2 Å². The Hall–Kier alpha value is -2.61. The van der Waals surface area contributed by atoms with Gasteiger partial charge in [-0.25, -0.2) is 0 Å². The molecule has 8 heteroatoms. The number of benzene rings is 1. The maximum absolute atomic E-state index is 12.6. The normalized spacial score (nSPS) is 10.9. The molecule has 0 saturated heterocycles. The minimum absolute atomic E-state index is 0.160. The molecule has 0 atom stereocenters. The summed E-state index contributed by atoms with van der Waals surface area (Å²) in [6, 6.07) is 8.82. The average Bonchev–Trinajstić information content (AvgIpc) is 2.91. The van der Waals surface area contributed by atoms with Crippen LogP contribution >= 0.6 is 15.9 Å². The number of carbonyl (C=O) groups is 1. The second-order valence-electron chi connectivity index (χ2n) is 5.92. The van der Waals surface area contributed by atoms with E-state index in [1.165, 1.54) is 13.2 Å². The van der Waals surface area contributed by atoms with E-state index in [4.69, 9.17) is 4.74 Å². The average molecular weight is 419 g/mol. The second-order valence-corrected chi connectivity index (χ2v) is 6.83. The first-order valence-corrected chi connectivity index (χ1v) is 8.86. The number of ether oxygens (including phenoxy) is 1. The third-order valence-electron chi connectivity index (χ3n) is 4.18. The molecule has 0 aliphatic rings. The van der Waals surface area contributed by atoms with Gasteiger partial charge in [-0.15, -0.1) is 0 Å². The van der Waals surface area contributed by atoms with E-state index in [-0.39, 0.29) is 11.5 Å². The summed E-state index contributed by atoms with van der Waals surface area (Å²) >= 11 is 3.40. The van der Waals surface area contributed by atoms with Crippen molar-refractivity contribution in [2.24, 2.45) is 7.05 Å². The smallest absolute Gasteiger partial charge is 0.270 e. The maximum atomic E-state index is 12.6. The number of amides is 1. The highest BCUT2D eigenvalue weighted by Crippen LogP contribution is 2.22. The number of carbonyl (C=O) groups excluding carboxylic acids is 1. The fraction of sp³-hybridized carbons (Fsp3) is 0.278. The summed E-state index contributed by atoms with van der Waals surface area (Å²) in [5, 5.41) is 8.01. The molecule has 7 nitrogen and oxygen atoms in total. The van der Waals surface area contributed by atoms with Crippen LogP contribution in [0.15, 0.2) is 39.6 Å². The summed E-state index contributed by atoms with van der Waals surface area (Å²) in [7, 11) is 3.26. The molecule has 2 heterocycles. The maximum Gasteiger partial charge on any atom is 0.270 e. The molecule has 1 amide bonds. The molecule has 3 aromatic rings. The van der Waals surface area contributed by atoms with E-state index in [1.54, 1.807) is 22.4 Å². The van der Waals surface area contributed by atoms with Gasteiger partial charge in [0.15, 0.2) is 0 Å². The van der Waals surface area contributed by atoms with Gasteiger partial charge >= 0.3 is 0 Å². The van der Waals surface area contributed by atoms with Crippen molar-refractivity contribution in [1.29, 1.82) is 0 Å². The van der Waals surface area contributed by atoms with Crippen LogP contribution in [0, 0.1) is 6.92 Å². The summed E-state index contributed by atoms with van der Waals surface area (Å²) < 4.78 is 9.16. The Morgan fingerprint density at radius 3 is 2.77 bits per heavy atom. The van der Waals surface area contributed by atoms with Gasteiger partial charge in [-0.1, -0.05) is 15.9 Å². The van der Waals surface area contributed by atoms with Crippen LogP contribution in [0.4, 0.5) is 0 Å². The van der Waals surface area contributed by atoms with Crippen molar-refractivity contribution >= 4 is 32.7 Å². The zero-order valence-corrected chi connectivity index (χ0v) is 16.3. The molecule has 0 aliphatic heterocycles. The lowest BCUT2D eigenvalue weighted by Gasteiger charge is -2.12. The van der Waals surface area contributed by atoms with Crippen molar-refractivity contribution in [1.82, 2.24) is 19.7 Å². The van der Waals surface area contributed by atoms with Crippen LogP contribution in [0.5, 0.6) is 5.75 Å². The van der Waals surface area contributed by atoms with Gasteiger partial charge in [0.1, 0.15) is 11.4 Å². The number of nitrogens with zero attached hydrogens (tertiary/aromatic N) is 3. The van der Waals surface area contributed by atoms with Crippen molar-refractivity contribution in [3.05, 3.63) is 56.5 Å². The van der Waals surface area contributed by atoms with Crippen LogP contribution in [0.25, 0.3) is 10.9 Å². The fourth-order valence-electron chi connectivity index (χ4n) is 2.91. The first kappa shape index (κ1) is 18.2. The molecule has 0 aliphatic carbocycles. The van der Waals surface area contributed by atoms with Crippen LogP contribution in [-0.2, 0) is 13.6 Å². The number of aryl methyl sites for hydroxylation is 2. The third-order valence-corrected chi connectivity index (χ3v) is 4.67. The molecule has 0 saturated carbocycles. The molecule has 0 fully saturated rings. The Morgan fingerprint density at radius 2 is 2.08 bits per heavy atom. The molecule has 0 spiro atoms. The van der Waals surface area contributed by atoms with Crippen LogP contribution in [0.3, 0.4) is 0 Å².